The van der Waals surface area contributed by atoms with Gasteiger partial charge in [0.15, 0.2) is 0 Å². The molecule has 1 heteroatoms. The summed E-state index contributed by atoms with van der Waals surface area (Å²) in [7, 11) is 0. The zero-order valence-corrected chi connectivity index (χ0v) is 28.4. The normalized spacial score (nSPS) is 14.9. The third-order valence-electron chi connectivity index (χ3n) is 11.6. The average Bonchev–Trinajstić information content (AvgIpc) is 3.68. The van der Waals surface area contributed by atoms with E-state index in [4.69, 9.17) is 0 Å². The Labute approximate surface area is 288 Å². The van der Waals surface area contributed by atoms with Crippen molar-refractivity contribution in [2.75, 3.05) is 0 Å². The summed E-state index contributed by atoms with van der Waals surface area (Å²) in [6, 6.07) is 56.8. The maximum absolute atomic E-state index is 2.43. The smallest absolute Gasteiger partial charge is 0.0541 e. The number of fused-ring (bicyclic) bond motifs is 9. The van der Waals surface area contributed by atoms with Crippen LogP contribution in [0.15, 0.2) is 152 Å². The molecule has 0 fully saturated rings. The number of rotatable bonds is 3. The van der Waals surface area contributed by atoms with E-state index >= 15 is 0 Å². The van der Waals surface area contributed by atoms with Gasteiger partial charge < -0.3 is 4.57 Å². The van der Waals surface area contributed by atoms with E-state index in [1.54, 1.807) is 0 Å². The Balaban J connectivity index is 1.15. The van der Waals surface area contributed by atoms with Gasteiger partial charge in [-0.25, -0.2) is 0 Å². The van der Waals surface area contributed by atoms with E-state index in [1.807, 2.05) is 0 Å². The molecule has 2 aliphatic rings. The summed E-state index contributed by atoms with van der Waals surface area (Å²) in [5.41, 5.74) is 19.7. The van der Waals surface area contributed by atoms with Crippen molar-refractivity contribution in [1.29, 1.82) is 0 Å². The highest BCUT2D eigenvalue weighted by molar-refractivity contribution is 6.11. The van der Waals surface area contributed by atoms with Gasteiger partial charge in [0.1, 0.15) is 0 Å². The Kier molecular flexibility index (Phi) is 5.75. The highest BCUT2D eigenvalue weighted by Crippen LogP contribution is 2.51. The molecule has 0 bridgehead atoms. The van der Waals surface area contributed by atoms with Crippen LogP contribution in [0.3, 0.4) is 0 Å². The maximum Gasteiger partial charge on any atom is 0.0541 e. The summed E-state index contributed by atoms with van der Waals surface area (Å²) in [5.74, 6) is 0. The minimum Gasteiger partial charge on any atom is -0.309 e. The lowest BCUT2D eigenvalue weighted by Crippen LogP contribution is -2.14. The van der Waals surface area contributed by atoms with Gasteiger partial charge in [0, 0.05) is 27.3 Å². The fourth-order valence-corrected chi connectivity index (χ4v) is 9.01. The number of hydrogen-bond donors (Lipinski definition) is 0. The first-order valence-electron chi connectivity index (χ1n) is 17.4. The lowest BCUT2D eigenvalue weighted by molar-refractivity contribution is 0.660. The number of benzene rings is 7. The van der Waals surface area contributed by atoms with Gasteiger partial charge in [-0.05, 0) is 115 Å². The number of aromatic nitrogens is 1. The molecule has 0 saturated heterocycles. The molecule has 0 atom stereocenters. The van der Waals surface area contributed by atoms with Gasteiger partial charge in [-0.3, -0.25) is 0 Å². The van der Waals surface area contributed by atoms with Gasteiger partial charge in [-0.2, -0.15) is 0 Å². The second-order valence-electron chi connectivity index (χ2n) is 15.0. The Hall–Kier alpha value is -5.66. The van der Waals surface area contributed by atoms with Crippen LogP contribution < -0.4 is 0 Å². The summed E-state index contributed by atoms with van der Waals surface area (Å²) < 4.78 is 2.42. The van der Waals surface area contributed by atoms with E-state index in [9.17, 15) is 0 Å². The molecule has 7 aromatic carbocycles. The molecule has 2 aliphatic carbocycles. The Morgan fingerprint density at radius 3 is 1.22 bits per heavy atom. The quantitative estimate of drug-likeness (QED) is 0.184. The predicted molar refractivity (Wildman–Crippen MR) is 207 cm³/mol. The topological polar surface area (TPSA) is 4.93 Å². The SMILES string of the molecule is CC1(C)c2ccccc2-c2ccc(-c3ccc4c(c3)c3cc(-c5ccc6c(c5)C(C)(C)c5ccccc5-6)ccc3n4-c3ccccc3)cc21. The molecule has 0 N–H and O–H groups in total. The number of para-hydroxylation sites is 1. The largest absolute Gasteiger partial charge is 0.309 e. The van der Waals surface area contributed by atoms with Crippen molar-refractivity contribution in [2.45, 2.75) is 38.5 Å². The van der Waals surface area contributed by atoms with Gasteiger partial charge in [-0.15, -0.1) is 0 Å². The van der Waals surface area contributed by atoms with Crippen LogP contribution in [0.4, 0.5) is 0 Å². The fraction of sp³-hybridized carbons (Fsp3) is 0.125. The molecule has 8 aromatic rings. The lowest BCUT2D eigenvalue weighted by Gasteiger charge is -2.22. The zero-order chi connectivity index (χ0) is 33.1. The van der Waals surface area contributed by atoms with Gasteiger partial charge in [0.05, 0.1) is 11.0 Å². The first-order chi connectivity index (χ1) is 23.8. The first-order valence-corrected chi connectivity index (χ1v) is 17.4. The molecule has 0 spiro atoms. The van der Waals surface area contributed by atoms with Crippen LogP contribution in [0.25, 0.3) is 72.0 Å². The van der Waals surface area contributed by atoms with Crippen molar-refractivity contribution in [2.24, 2.45) is 0 Å². The second-order valence-corrected chi connectivity index (χ2v) is 15.0. The summed E-state index contributed by atoms with van der Waals surface area (Å²) in [6.45, 7) is 9.44. The van der Waals surface area contributed by atoms with E-state index in [2.05, 4.69) is 184 Å². The van der Waals surface area contributed by atoms with E-state index in [0.717, 1.165) is 0 Å². The molecule has 1 nitrogen and oxygen atoms in total. The van der Waals surface area contributed by atoms with Gasteiger partial charge >= 0.3 is 0 Å². The minimum absolute atomic E-state index is 0.0317. The van der Waals surface area contributed by atoms with E-state index < -0.39 is 0 Å². The zero-order valence-electron chi connectivity index (χ0n) is 28.4. The summed E-state index contributed by atoms with van der Waals surface area (Å²) in [4.78, 5) is 0. The molecule has 1 heterocycles. The van der Waals surface area contributed by atoms with Crippen LogP contribution in [0.5, 0.6) is 0 Å². The van der Waals surface area contributed by atoms with Crippen LogP contribution in [0.1, 0.15) is 49.9 Å². The van der Waals surface area contributed by atoms with Crippen molar-refractivity contribution >= 4 is 21.8 Å². The second kappa shape index (κ2) is 9.94. The number of nitrogens with zero attached hydrogens (tertiary/aromatic N) is 1. The Bertz CT molecular complexity index is 2480. The molecule has 0 saturated carbocycles. The van der Waals surface area contributed by atoms with Gasteiger partial charge in [-0.1, -0.05) is 131 Å². The Morgan fingerprint density at radius 1 is 0.347 bits per heavy atom. The third-order valence-corrected chi connectivity index (χ3v) is 11.6. The van der Waals surface area contributed by atoms with Crippen LogP contribution in [0, 0.1) is 0 Å². The molecule has 10 rings (SSSR count). The van der Waals surface area contributed by atoms with E-state index in [1.165, 1.54) is 94.3 Å². The molecule has 49 heavy (non-hydrogen) atoms. The van der Waals surface area contributed by atoms with Crippen molar-refractivity contribution < 1.29 is 0 Å². The Morgan fingerprint density at radius 2 is 0.735 bits per heavy atom. The highest BCUT2D eigenvalue weighted by Gasteiger charge is 2.36. The fourth-order valence-electron chi connectivity index (χ4n) is 9.01. The van der Waals surface area contributed by atoms with Crippen molar-refractivity contribution in [3.05, 3.63) is 174 Å². The van der Waals surface area contributed by atoms with Crippen LogP contribution >= 0.6 is 0 Å². The van der Waals surface area contributed by atoms with Crippen molar-refractivity contribution in [1.82, 2.24) is 4.57 Å². The molecule has 234 valence electrons. The molecule has 0 radical (unpaired) electrons. The molecule has 0 aliphatic heterocycles. The average molecular weight is 628 g/mol. The summed E-state index contributed by atoms with van der Waals surface area (Å²) >= 11 is 0. The lowest BCUT2D eigenvalue weighted by atomic mass is 9.81. The van der Waals surface area contributed by atoms with Gasteiger partial charge in [0.25, 0.3) is 0 Å². The van der Waals surface area contributed by atoms with Crippen molar-refractivity contribution in [3.8, 4) is 50.2 Å². The molecule has 0 amide bonds. The maximum atomic E-state index is 2.43. The standard InChI is InChI=1S/C48H37N/c1-47(2)41-16-10-8-14-35(41)37-22-18-32(28-43(37)47)30-20-24-45-39(26-30)40-27-31(21-25-46(40)49(45)34-12-6-5-7-13-34)33-19-23-38-36-15-9-11-17-42(36)48(3,4)44(38)29-33/h5-29H,1-4H3. The summed E-state index contributed by atoms with van der Waals surface area (Å²) in [5, 5.41) is 2.55. The van der Waals surface area contributed by atoms with Crippen LogP contribution in [-0.4, -0.2) is 4.57 Å². The van der Waals surface area contributed by atoms with E-state index in [-0.39, 0.29) is 10.8 Å². The van der Waals surface area contributed by atoms with Crippen molar-refractivity contribution in [3.63, 3.8) is 0 Å². The molecule has 1 aromatic heterocycles. The minimum atomic E-state index is -0.0317. The molecular weight excluding hydrogens is 591 g/mol. The van der Waals surface area contributed by atoms with Crippen LogP contribution in [0.2, 0.25) is 0 Å². The first kappa shape index (κ1) is 28.4. The predicted octanol–water partition coefficient (Wildman–Crippen LogP) is 12.7. The number of hydrogen-bond acceptors (Lipinski definition) is 0. The highest BCUT2D eigenvalue weighted by atomic mass is 15.0. The molecule has 0 unspecified atom stereocenters. The summed E-state index contributed by atoms with van der Waals surface area (Å²) in [6.07, 6.45) is 0. The third kappa shape index (κ3) is 3.93. The molecular formula is C48H37N. The van der Waals surface area contributed by atoms with Crippen LogP contribution in [-0.2, 0) is 10.8 Å². The monoisotopic (exact) mass is 627 g/mol. The van der Waals surface area contributed by atoms with Gasteiger partial charge in [0.2, 0.25) is 0 Å². The van der Waals surface area contributed by atoms with E-state index in [0.29, 0.717) is 0 Å².